The van der Waals surface area contributed by atoms with Gasteiger partial charge in [0.2, 0.25) is 0 Å². The van der Waals surface area contributed by atoms with Gasteiger partial charge in [-0.25, -0.2) is 4.79 Å². The molecule has 0 aliphatic carbocycles. The highest BCUT2D eigenvalue weighted by molar-refractivity contribution is 5.49. The van der Waals surface area contributed by atoms with Gasteiger partial charge in [-0.3, -0.25) is 13.9 Å². The number of aliphatic hydroxyl groups is 1. The number of aryl methyl sites for hydroxylation is 1. The summed E-state index contributed by atoms with van der Waals surface area (Å²) >= 11 is 0. The van der Waals surface area contributed by atoms with Gasteiger partial charge in [0.25, 0.3) is 5.56 Å². The van der Waals surface area contributed by atoms with Crippen LogP contribution in [-0.2, 0) is 21.6 Å². The van der Waals surface area contributed by atoms with E-state index in [2.05, 4.69) is 32.9 Å². The SMILES string of the molecule is COc1ccc(C(OC[C@H]2O[C@@H](n3cc(C)c(=O)n(CC=C(C)CCC=C(C)CCC=C(C)C)c3=O)C[C@H]2O)(c2ccccc2)c2ccc(OC)cc2)cc1. The van der Waals surface area contributed by atoms with Crippen LogP contribution in [0, 0.1) is 6.92 Å². The molecule has 1 aromatic heterocycles. The molecule has 0 spiro atoms. The smallest absolute Gasteiger partial charge is 0.333 e. The third-order valence-electron chi connectivity index (χ3n) is 10.3. The van der Waals surface area contributed by atoms with Crippen LogP contribution in [-0.4, -0.2) is 47.3 Å². The zero-order valence-corrected chi connectivity index (χ0v) is 33.3. The first kappa shape index (κ1) is 41.2. The van der Waals surface area contributed by atoms with Crippen LogP contribution in [0.2, 0.25) is 0 Å². The minimum atomic E-state index is -1.11. The van der Waals surface area contributed by atoms with E-state index in [9.17, 15) is 14.7 Å². The van der Waals surface area contributed by atoms with Crippen LogP contribution in [0.25, 0.3) is 0 Å². The lowest BCUT2D eigenvalue weighted by Gasteiger charge is -2.37. The molecule has 2 heterocycles. The van der Waals surface area contributed by atoms with Crippen molar-refractivity contribution in [1.82, 2.24) is 9.13 Å². The number of hydrogen-bond acceptors (Lipinski definition) is 7. The lowest BCUT2D eigenvalue weighted by molar-refractivity contribution is -0.0946. The van der Waals surface area contributed by atoms with Crippen LogP contribution in [0.3, 0.4) is 0 Å². The molecule has 9 heteroatoms. The number of hydrogen-bond donors (Lipinski definition) is 1. The van der Waals surface area contributed by atoms with Crippen molar-refractivity contribution in [2.45, 2.75) is 97.3 Å². The number of methoxy groups -OCH3 is 2. The molecule has 0 radical (unpaired) electrons. The summed E-state index contributed by atoms with van der Waals surface area (Å²) in [6.07, 6.45) is 9.48. The molecule has 55 heavy (non-hydrogen) atoms. The summed E-state index contributed by atoms with van der Waals surface area (Å²) in [6.45, 7) is 10.3. The number of nitrogens with zero attached hydrogens (tertiary/aromatic N) is 2. The zero-order chi connectivity index (χ0) is 39.5. The van der Waals surface area contributed by atoms with Crippen LogP contribution >= 0.6 is 0 Å². The fraction of sp³-hybridized carbons (Fsp3) is 0.391. The molecule has 0 unspecified atom stereocenters. The Balaban J connectivity index is 1.37. The molecule has 1 fully saturated rings. The highest BCUT2D eigenvalue weighted by Crippen LogP contribution is 2.42. The van der Waals surface area contributed by atoms with Crippen molar-refractivity contribution in [3.63, 3.8) is 0 Å². The van der Waals surface area contributed by atoms with E-state index in [4.69, 9.17) is 18.9 Å². The Hall–Kier alpha value is -4.96. The van der Waals surface area contributed by atoms with E-state index in [-0.39, 0.29) is 25.1 Å². The topological polar surface area (TPSA) is 101 Å². The summed E-state index contributed by atoms with van der Waals surface area (Å²) < 4.78 is 27.0. The summed E-state index contributed by atoms with van der Waals surface area (Å²) in [7, 11) is 3.25. The number of benzene rings is 3. The van der Waals surface area contributed by atoms with Crippen molar-refractivity contribution in [2.75, 3.05) is 20.8 Å². The van der Waals surface area contributed by atoms with E-state index in [1.54, 1.807) is 21.1 Å². The quantitative estimate of drug-likeness (QED) is 0.0855. The first-order valence-electron chi connectivity index (χ1n) is 19.1. The number of ether oxygens (including phenoxy) is 4. The molecule has 4 aromatic rings. The van der Waals surface area contributed by atoms with E-state index >= 15 is 0 Å². The van der Waals surface area contributed by atoms with Crippen molar-refractivity contribution < 1.29 is 24.1 Å². The van der Waals surface area contributed by atoms with Crippen molar-refractivity contribution in [3.05, 3.63) is 163 Å². The van der Waals surface area contributed by atoms with E-state index in [1.165, 1.54) is 26.5 Å². The van der Waals surface area contributed by atoms with Gasteiger partial charge in [-0.15, -0.1) is 0 Å². The first-order chi connectivity index (χ1) is 26.5. The average molecular weight is 749 g/mol. The van der Waals surface area contributed by atoms with Gasteiger partial charge in [0, 0.05) is 24.7 Å². The molecule has 0 amide bonds. The second kappa shape index (κ2) is 19.1. The molecule has 292 valence electrons. The van der Waals surface area contributed by atoms with Gasteiger partial charge in [0.05, 0.1) is 26.9 Å². The minimum absolute atomic E-state index is 0.00277. The van der Waals surface area contributed by atoms with E-state index < -0.39 is 29.7 Å². The molecular formula is C46H56N2O7. The molecule has 1 N–H and O–H groups in total. The molecular weight excluding hydrogens is 693 g/mol. The molecule has 9 nitrogen and oxygen atoms in total. The lowest BCUT2D eigenvalue weighted by atomic mass is 9.80. The van der Waals surface area contributed by atoms with Crippen molar-refractivity contribution in [2.24, 2.45) is 0 Å². The van der Waals surface area contributed by atoms with E-state index in [0.717, 1.165) is 47.9 Å². The number of aliphatic hydroxyl groups excluding tert-OH is 1. The van der Waals surface area contributed by atoms with Crippen molar-refractivity contribution in [3.8, 4) is 11.5 Å². The summed E-state index contributed by atoms with van der Waals surface area (Å²) in [5.74, 6) is 1.41. The van der Waals surface area contributed by atoms with Gasteiger partial charge in [0.1, 0.15) is 29.4 Å². The maximum absolute atomic E-state index is 13.9. The van der Waals surface area contributed by atoms with Crippen molar-refractivity contribution >= 4 is 0 Å². The van der Waals surface area contributed by atoms with Crippen LogP contribution < -0.4 is 20.7 Å². The minimum Gasteiger partial charge on any atom is -0.497 e. The maximum Gasteiger partial charge on any atom is 0.333 e. The van der Waals surface area contributed by atoms with Gasteiger partial charge in [-0.05, 0) is 101 Å². The fourth-order valence-electron chi connectivity index (χ4n) is 7.03. The molecule has 3 aromatic carbocycles. The molecule has 0 bridgehead atoms. The normalized spacial score (nSPS) is 17.6. The molecule has 1 aliphatic heterocycles. The second-order valence-electron chi connectivity index (χ2n) is 14.6. The lowest BCUT2D eigenvalue weighted by Crippen LogP contribution is -2.42. The summed E-state index contributed by atoms with van der Waals surface area (Å²) in [5, 5.41) is 11.4. The third kappa shape index (κ3) is 10.0. The fourth-order valence-corrected chi connectivity index (χ4v) is 7.03. The van der Waals surface area contributed by atoms with Crippen LogP contribution in [0.15, 0.2) is 130 Å². The summed E-state index contributed by atoms with van der Waals surface area (Å²) in [5.41, 5.74) is 4.86. The first-order valence-corrected chi connectivity index (χ1v) is 19.1. The van der Waals surface area contributed by atoms with E-state index in [0.29, 0.717) is 17.1 Å². The zero-order valence-electron chi connectivity index (χ0n) is 33.3. The van der Waals surface area contributed by atoms with Gasteiger partial charge >= 0.3 is 5.69 Å². The average Bonchev–Trinajstić information content (AvgIpc) is 3.56. The van der Waals surface area contributed by atoms with Crippen LogP contribution in [0.5, 0.6) is 11.5 Å². The monoisotopic (exact) mass is 748 g/mol. The Bertz CT molecular complexity index is 2020. The Morgan fingerprint density at radius 1 is 0.800 bits per heavy atom. The Labute approximate surface area is 325 Å². The third-order valence-corrected chi connectivity index (χ3v) is 10.3. The molecule has 1 saturated heterocycles. The predicted octanol–water partition coefficient (Wildman–Crippen LogP) is 8.41. The molecule has 5 rings (SSSR count). The predicted molar refractivity (Wildman–Crippen MR) is 218 cm³/mol. The Morgan fingerprint density at radius 2 is 1.35 bits per heavy atom. The molecule has 3 atom stereocenters. The van der Waals surface area contributed by atoms with Gasteiger partial charge in [0.15, 0.2) is 0 Å². The highest BCUT2D eigenvalue weighted by Gasteiger charge is 2.42. The summed E-state index contributed by atoms with van der Waals surface area (Å²) in [4.78, 5) is 27.1. The van der Waals surface area contributed by atoms with Gasteiger partial charge < -0.3 is 24.1 Å². The van der Waals surface area contributed by atoms with Crippen LogP contribution in [0.4, 0.5) is 0 Å². The largest absolute Gasteiger partial charge is 0.497 e. The van der Waals surface area contributed by atoms with Gasteiger partial charge in [-0.1, -0.05) is 89.5 Å². The maximum atomic E-state index is 13.9. The number of aromatic nitrogens is 2. The van der Waals surface area contributed by atoms with E-state index in [1.807, 2.05) is 91.9 Å². The Morgan fingerprint density at radius 3 is 1.91 bits per heavy atom. The number of allylic oxidation sites excluding steroid dienone is 6. The standard InChI is InChI=1S/C46H56N2O7/c1-32(2)13-11-14-33(3)15-12-16-34(4)27-28-47-44(50)35(5)30-48(45(47)51)43-29-41(49)42(55-43)31-54-46(36-17-9-8-10-18-36,37-19-23-39(52-6)24-20-37)38-21-25-40(53-7)26-22-38/h8-10,13,15,17-27,30,41-43,49H,11-12,14,16,28-29,31H2,1-7H3/t41-,42-,43-/m1/s1. The van der Waals surface area contributed by atoms with Crippen LogP contribution in [0.1, 0.15) is 88.3 Å². The molecule has 0 saturated carbocycles. The molecule has 1 aliphatic rings. The van der Waals surface area contributed by atoms with Gasteiger partial charge in [-0.2, -0.15) is 0 Å². The summed E-state index contributed by atoms with van der Waals surface area (Å²) in [6, 6.07) is 25.3. The highest BCUT2D eigenvalue weighted by atomic mass is 16.6. The second-order valence-corrected chi connectivity index (χ2v) is 14.6. The van der Waals surface area contributed by atoms with Crippen molar-refractivity contribution in [1.29, 1.82) is 0 Å². The number of rotatable bonds is 17. The Kier molecular flexibility index (Phi) is 14.3.